The van der Waals surface area contributed by atoms with Crippen molar-refractivity contribution in [2.24, 2.45) is 11.1 Å². The molecule has 0 saturated heterocycles. The molecule has 0 radical (unpaired) electrons. The number of nitrogens with zero attached hydrogens (tertiary/aromatic N) is 1. The summed E-state index contributed by atoms with van der Waals surface area (Å²) in [5.74, 6) is 0. The van der Waals surface area contributed by atoms with Gasteiger partial charge in [-0.3, -0.25) is 0 Å². The second-order valence-electron chi connectivity index (χ2n) is 5.79. The predicted molar refractivity (Wildman–Crippen MR) is 78.1 cm³/mol. The summed E-state index contributed by atoms with van der Waals surface area (Å²) in [6.45, 7) is 8.78. The van der Waals surface area contributed by atoms with E-state index in [0.29, 0.717) is 10.4 Å². The normalized spacial score (nSPS) is 11.8. The van der Waals surface area contributed by atoms with Crippen molar-refractivity contribution >= 4 is 17.2 Å². The van der Waals surface area contributed by atoms with Crippen molar-refractivity contribution in [3.05, 3.63) is 35.4 Å². The van der Waals surface area contributed by atoms with Crippen LogP contribution < -0.4 is 5.73 Å². The Morgan fingerprint density at radius 1 is 1.24 bits per heavy atom. The molecule has 0 bridgehead atoms. The summed E-state index contributed by atoms with van der Waals surface area (Å²) < 4.78 is 0. The van der Waals surface area contributed by atoms with Gasteiger partial charge in [0.05, 0.1) is 0 Å². The van der Waals surface area contributed by atoms with Crippen LogP contribution in [0.3, 0.4) is 0 Å². The van der Waals surface area contributed by atoms with Gasteiger partial charge in [-0.1, -0.05) is 57.3 Å². The molecule has 17 heavy (non-hydrogen) atoms. The van der Waals surface area contributed by atoms with Crippen LogP contribution in [0.5, 0.6) is 0 Å². The molecule has 0 aliphatic heterocycles. The number of nitrogens with two attached hydrogens (primary N) is 1. The number of hydrogen-bond donors (Lipinski definition) is 1. The molecular formula is C14H22N2S. The highest BCUT2D eigenvalue weighted by Crippen LogP contribution is 2.16. The van der Waals surface area contributed by atoms with Gasteiger partial charge in [0.1, 0.15) is 4.99 Å². The summed E-state index contributed by atoms with van der Waals surface area (Å²) in [4.78, 5) is 2.79. The fraction of sp³-hybridized carbons (Fsp3) is 0.500. The van der Waals surface area contributed by atoms with Crippen molar-refractivity contribution in [2.45, 2.75) is 27.3 Å². The molecule has 0 amide bonds. The molecule has 0 heterocycles. The van der Waals surface area contributed by atoms with Crippen molar-refractivity contribution in [2.75, 3.05) is 13.6 Å². The fourth-order valence-electron chi connectivity index (χ4n) is 1.95. The van der Waals surface area contributed by atoms with E-state index in [1.807, 2.05) is 12.1 Å². The first-order chi connectivity index (χ1) is 7.78. The number of hydrogen-bond acceptors (Lipinski definition) is 2. The van der Waals surface area contributed by atoms with E-state index in [1.54, 1.807) is 0 Å². The average Bonchev–Trinajstić information content (AvgIpc) is 2.15. The van der Waals surface area contributed by atoms with Gasteiger partial charge in [0, 0.05) is 18.7 Å². The largest absolute Gasteiger partial charge is 0.389 e. The second-order valence-corrected chi connectivity index (χ2v) is 6.23. The SMILES string of the molecule is CN(Cc1ccc(C(N)=S)cc1)CC(C)(C)C. The van der Waals surface area contributed by atoms with Crippen molar-refractivity contribution in [3.8, 4) is 0 Å². The predicted octanol–water partition coefficient (Wildman–Crippen LogP) is 2.80. The molecule has 0 saturated carbocycles. The van der Waals surface area contributed by atoms with Gasteiger partial charge in [0.2, 0.25) is 0 Å². The molecular weight excluding hydrogens is 228 g/mol. The van der Waals surface area contributed by atoms with E-state index in [-0.39, 0.29) is 0 Å². The van der Waals surface area contributed by atoms with E-state index in [0.717, 1.165) is 18.7 Å². The molecule has 2 nitrogen and oxygen atoms in total. The van der Waals surface area contributed by atoms with E-state index < -0.39 is 0 Å². The molecule has 94 valence electrons. The minimum Gasteiger partial charge on any atom is -0.389 e. The van der Waals surface area contributed by atoms with Crippen LogP contribution >= 0.6 is 12.2 Å². The zero-order valence-corrected chi connectivity index (χ0v) is 12.0. The van der Waals surface area contributed by atoms with Crippen molar-refractivity contribution in [1.29, 1.82) is 0 Å². The monoisotopic (exact) mass is 250 g/mol. The van der Waals surface area contributed by atoms with Gasteiger partial charge in [-0.05, 0) is 18.0 Å². The third kappa shape index (κ3) is 5.29. The van der Waals surface area contributed by atoms with E-state index >= 15 is 0 Å². The summed E-state index contributed by atoms with van der Waals surface area (Å²) in [6, 6.07) is 8.16. The lowest BCUT2D eigenvalue weighted by molar-refractivity contribution is 0.221. The Morgan fingerprint density at radius 2 is 1.76 bits per heavy atom. The maximum absolute atomic E-state index is 5.57. The zero-order valence-electron chi connectivity index (χ0n) is 11.2. The highest BCUT2D eigenvalue weighted by Gasteiger charge is 2.13. The third-order valence-corrected chi connectivity index (χ3v) is 2.67. The highest BCUT2D eigenvalue weighted by molar-refractivity contribution is 7.80. The topological polar surface area (TPSA) is 29.3 Å². The average molecular weight is 250 g/mol. The summed E-state index contributed by atoms with van der Waals surface area (Å²) in [5, 5.41) is 0. The Bertz CT molecular complexity index is 376. The van der Waals surface area contributed by atoms with Gasteiger partial charge in [-0.2, -0.15) is 0 Å². The van der Waals surface area contributed by atoms with Crippen LogP contribution in [0.25, 0.3) is 0 Å². The molecule has 0 aliphatic carbocycles. The number of thiocarbonyl (C=S) groups is 1. The summed E-state index contributed by atoms with van der Waals surface area (Å²) in [6.07, 6.45) is 0. The van der Waals surface area contributed by atoms with Crippen LogP contribution in [-0.4, -0.2) is 23.5 Å². The number of rotatable bonds is 4. The van der Waals surface area contributed by atoms with Crippen LogP contribution in [0, 0.1) is 5.41 Å². The van der Waals surface area contributed by atoms with Gasteiger partial charge in [0.25, 0.3) is 0 Å². The van der Waals surface area contributed by atoms with Gasteiger partial charge in [-0.15, -0.1) is 0 Å². The standard InChI is InChI=1S/C14H22N2S/c1-14(2,3)10-16(4)9-11-5-7-12(8-6-11)13(15)17/h5-8H,9-10H2,1-4H3,(H2,15,17). The Labute approximate surface area is 110 Å². The first kappa shape index (κ1) is 14.1. The lowest BCUT2D eigenvalue weighted by atomic mass is 9.96. The third-order valence-electron chi connectivity index (χ3n) is 2.44. The Kier molecular flexibility index (Phi) is 4.66. The van der Waals surface area contributed by atoms with E-state index in [2.05, 4.69) is 44.9 Å². The second kappa shape index (κ2) is 5.61. The maximum Gasteiger partial charge on any atom is 0.103 e. The molecule has 0 unspecified atom stereocenters. The molecule has 1 aromatic rings. The Morgan fingerprint density at radius 3 is 2.18 bits per heavy atom. The minimum atomic E-state index is 0.327. The summed E-state index contributed by atoms with van der Waals surface area (Å²) in [7, 11) is 2.15. The Hall–Kier alpha value is -0.930. The lowest BCUT2D eigenvalue weighted by Crippen LogP contribution is -2.28. The first-order valence-corrected chi connectivity index (χ1v) is 6.26. The van der Waals surface area contributed by atoms with Crippen molar-refractivity contribution in [3.63, 3.8) is 0 Å². The molecule has 1 rings (SSSR count). The molecule has 3 heteroatoms. The lowest BCUT2D eigenvalue weighted by Gasteiger charge is -2.26. The van der Waals surface area contributed by atoms with E-state index in [4.69, 9.17) is 18.0 Å². The molecule has 0 aromatic heterocycles. The minimum absolute atomic E-state index is 0.327. The van der Waals surface area contributed by atoms with E-state index in [9.17, 15) is 0 Å². The summed E-state index contributed by atoms with van der Waals surface area (Å²) >= 11 is 4.93. The van der Waals surface area contributed by atoms with Crippen molar-refractivity contribution in [1.82, 2.24) is 4.90 Å². The van der Waals surface area contributed by atoms with E-state index in [1.165, 1.54) is 5.56 Å². The smallest absolute Gasteiger partial charge is 0.103 e. The quantitative estimate of drug-likeness (QED) is 0.833. The molecule has 2 N–H and O–H groups in total. The van der Waals surface area contributed by atoms with Gasteiger partial charge in [0.15, 0.2) is 0 Å². The maximum atomic E-state index is 5.57. The molecule has 0 atom stereocenters. The van der Waals surface area contributed by atoms with Crippen molar-refractivity contribution < 1.29 is 0 Å². The Balaban J connectivity index is 2.60. The first-order valence-electron chi connectivity index (χ1n) is 5.85. The van der Waals surface area contributed by atoms with Gasteiger partial charge < -0.3 is 10.6 Å². The number of benzene rings is 1. The van der Waals surface area contributed by atoms with Crippen LogP contribution in [0.4, 0.5) is 0 Å². The molecule has 0 fully saturated rings. The van der Waals surface area contributed by atoms with Crippen LogP contribution in [0.1, 0.15) is 31.9 Å². The van der Waals surface area contributed by atoms with Gasteiger partial charge in [-0.25, -0.2) is 0 Å². The van der Waals surface area contributed by atoms with Crippen LogP contribution in [0.2, 0.25) is 0 Å². The molecule has 0 aliphatic rings. The van der Waals surface area contributed by atoms with Gasteiger partial charge >= 0.3 is 0 Å². The van der Waals surface area contributed by atoms with Crippen LogP contribution in [-0.2, 0) is 6.54 Å². The summed E-state index contributed by atoms with van der Waals surface area (Å²) in [5.41, 5.74) is 8.12. The molecule has 0 spiro atoms. The molecule has 1 aromatic carbocycles. The zero-order chi connectivity index (χ0) is 13.1. The fourth-order valence-corrected chi connectivity index (χ4v) is 2.09. The van der Waals surface area contributed by atoms with Crippen LogP contribution in [0.15, 0.2) is 24.3 Å². The highest BCUT2D eigenvalue weighted by atomic mass is 32.1.